The molecule has 0 aromatic carbocycles. The Morgan fingerprint density at radius 3 is 2.81 bits per heavy atom. The lowest BCUT2D eigenvalue weighted by atomic mass is 10.0. The van der Waals surface area contributed by atoms with Crippen LogP contribution in [-0.4, -0.2) is 49.6 Å². The first-order valence-corrected chi connectivity index (χ1v) is 6.49. The Hall–Kier alpha value is -0.590. The van der Waals surface area contributed by atoms with Crippen molar-refractivity contribution in [2.45, 2.75) is 31.7 Å². The molecule has 1 aliphatic heterocycles. The minimum absolute atomic E-state index is 0.282. The summed E-state index contributed by atoms with van der Waals surface area (Å²) in [6.07, 6.45) is 4.88. The van der Waals surface area contributed by atoms with E-state index in [1.165, 1.54) is 38.9 Å². The van der Waals surface area contributed by atoms with Gasteiger partial charge in [0.1, 0.15) is 0 Å². The quantitative estimate of drug-likeness (QED) is 0.724. The molecule has 2 rings (SSSR count). The number of hydrogen-bond acceptors (Lipinski definition) is 3. The van der Waals surface area contributed by atoms with Gasteiger partial charge in [-0.2, -0.15) is 5.26 Å². The molecule has 0 spiro atoms. The standard InChI is InChI=1S/C13H23N3/c1-15-7-6-11(9-15)10-16(2)13-5-3-4-12(13)8-14/h11-13H,3-7,9-10H2,1-2H3. The van der Waals surface area contributed by atoms with Crippen LogP contribution in [0.2, 0.25) is 0 Å². The van der Waals surface area contributed by atoms with Crippen molar-refractivity contribution in [3.05, 3.63) is 0 Å². The summed E-state index contributed by atoms with van der Waals surface area (Å²) < 4.78 is 0. The molecule has 2 fully saturated rings. The van der Waals surface area contributed by atoms with E-state index in [2.05, 4.69) is 30.0 Å². The monoisotopic (exact) mass is 221 g/mol. The van der Waals surface area contributed by atoms with E-state index in [1.54, 1.807) is 0 Å². The molecule has 1 saturated carbocycles. The maximum Gasteiger partial charge on any atom is 0.0672 e. The smallest absolute Gasteiger partial charge is 0.0672 e. The van der Waals surface area contributed by atoms with Crippen molar-refractivity contribution in [2.75, 3.05) is 33.7 Å². The van der Waals surface area contributed by atoms with E-state index >= 15 is 0 Å². The first-order valence-electron chi connectivity index (χ1n) is 6.49. The van der Waals surface area contributed by atoms with Crippen molar-refractivity contribution in [1.82, 2.24) is 9.80 Å². The molecule has 3 heteroatoms. The Morgan fingerprint density at radius 2 is 2.19 bits per heavy atom. The van der Waals surface area contributed by atoms with Gasteiger partial charge in [0.25, 0.3) is 0 Å². The second-order valence-corrected chi connectivity index (χ2v) is 5.59. The average molecular weight is 221 g/mol. The van der Waals surface area contributed by atoms with Crippen molar-refractivity contribution in [1.29, 1.82) is 5.26 Å². The van der Waals surface area contributed by atoms with E-state index in [-0.39, 0.29) is 5.92 Å². The van der Waals surface area contributed by atoms with Crippen LogP contribution in [0.25, 0.3) is 0 Å². The molecule has 16 heavy (non-hydrogen) atoms. The van der Waals surface area contributed by atoms with Gasteiger partial charge in [0.05, 0.1) is 12.0 Å². The summed E-state index contributed by atoms with van der Waals surface area (Å²) >= 11 is 0. The highest BCUT2D eigenvalue weighted by Crippen LogP contribution is 2.29. The van der Waals surface area contributed by atoms with E-state index in [0.29, 0.717) is 6.04 Å². The van der Waals surface area contributed by atoms with Crippen molar-refractivity contribution in [3.63, 3.8) is 0 Å². The summed E-state index contributed by atoms with van der Waals surface area (Å²) in [6.45, 7) is 3.65. The molecule has 0 amide bonds. The lowest BCUT2D eigenvalue weighted by Crippen LogP contribution is -2.38. The van der Waals surface area contributed by atoms with E-state index in [0.717, 1.165) is 12.3 Å². The number of hydrogen-bond donors (Lipinski definition) is 0. The Balaban J connectivity index is 1.83. The molecule has 3 unspecified atom stereocenters. The van der Waals surface area contributed by atoms with Crippen LogP contribution < -0.4 is 0 Å². The van der Waals surface area contributed by atoms with Gasteiger partial charge in [0.15, 0.2) is 0 Å². The zero-order chi connectivity index (χ0) is 11.5. The zero-order valence-corrected chi connectivity index (χ0v) is 10.5. The molecular weight excluding hydrogens is 198 g/mol. The molecule has 0 N–H and O–H groups in total. The van der Waals surface area contributed by atoms with Gasteiger partial charge in [0, 0.05) is 19.1 Å². The summed E-state index contributed by atoms with van der Waals surface area (Å²) in [7, 11) is 4.41. The molecule has 2 aliphatic rings. The maximum atomic E-state index is 9.10. The molecule has 3 nitrogen and oxygen atoms in total. The Kier molecular flexibility index (Phi) is 3.83. The van der Waals surface area contributed by atoms with Gasteiger partial charge >= 0.3 is 0 Å². The number of nitrogens with zero attached hydrogens (tertiary/aromatic N) is 3. The molecule has 0 aromatic rings. The summed E-state index contributed by atoms with van der Waals surface area (Å²) in [4.78, 5) is 4.86. The summed E-state index contributed by atoms with van der Waals surface area (Å²) in [6, 6.07) is 3.00. The van der Waals surface area contributed by atoms with Crippen molar-refractivity contribution >= 4 is 0 Å². The molecular formula is C13H23N3. The van der Waals surface area contributed by atoms with Crippen molar-refractivity contribution in [3.8, 4) is 6.07 Å². The molecule has 0 aromatic heterocycles. The van der Waals surface area contributed by atoms with Crippen molar-refractivity contribution < 1.29 is 0 Å². The van der Waals surface area contributed by atoms with Crippen LogP contribution in [0.5, 0.6) is 0 Å². The third-order valence-electron chi connectivity index (χ3n) is 4.25. The largest absolute Gasteiger partial charge is 0.306 e. The summed E-state index contributed by atoms with van der Waals surface area (Å²) in [5.41, 5.74) is 0. The third-order valence-corrected chi connectivity index (χ3v) is 4.25. The highest BCUT2D eigenvalue weighted by atomic mass is 15.2. The Labute approximate surface area is 99.0 Å². The van der Waals surface area contributed by atoms with E-state index in [1.807, 2.05) is 0 Å². The maximum absolute atomic E-state index is 9.10. The Morgan fingerprint density at radius 1 is 1.38 bits per heavy atom. The minimum Gasteiger partial charge on any atom is -0.306 e. The van der Waals surface area contributed by atoms with Crippen LogP contribution in [0.4, 0.5) is 0 Å². The average Bonchev–Trinajstić information content (AvgIpc) is 2.86. The van der Waals surface area contributed by atoms with Crippen LogP contribution in [0, 0.1) is 23.2 Å². The minimum atomic E-state index is 0.282. The SMILES string of the molecule is CN1CCC(CN(C)C2CCCC2C#N)C1. The number of likely N-dealkylation sites (tertiary alicyclic amines) is 1. The van der Waals surface area contributed by atoms with E-state index in [4.69, 9.17) is 5.26 Å². The van der Waals surface area contributed by atoms with Gasteiger partial charge < -0.3 is 9.80 Å². The Bertz CT molecular complexity index is 271. The normalized spacial score (nSPS) is 35.8. The van der Waals surface area contributed by atoms with Crippen LogP contribution in [-0.2, 0) is 0 Å². The summed E-state index contributed by atoms with van der Waals surface area (Å²) in [5, 5.41) is 9.10. The first-order chi connectivity index (χ1) is 7.70. The highest BCUT2D eigenvalue weighted by Gasteiger charge is 2.32. The molecule has 3 atom stereocenters. The first kappa shape index (κ1) is 11.9. The second kappa shape index (κ2) is 5.16. The van der Waals surface area contributed by atoms with Gasteiger partial charge in [-0.15, -0.1) is 0 Å². The zero-order valence-electron chi connectivity index (χ0n) is 10.5. The number of nitriles is 1. The molecule has 1 aliphatic carbocycles. The lowest BCUT2D eigenvalue weighted by molar-refractivity contribution is 0.189. The predicted octanol–water partition coefficient (Wildman–Crippen LogP) is 1.56. The molecule has 1 saturated heterocycles. The summed E-state index contributed by atoms with van der Waals surface area (Å²) in [5.74, 6) is 1.10. The molecule has 0 radical (unpaired) electrons. The van der Waals surface area contributed by atoms with Crippen LogP contribution in [0.1, 0.15) is 25.7 Å². The van der Waals surface area contributed by atoms with Gasteiger partial charge in [-0.3, -0.25) is 0 Å². The van der Waals surface area contributed by atoms with Gasteiger partial charge in [-0.05, 0) is 45.8 Å². The molecule has 0 bridgehead atoms. The van der Waals surface area contributed by atoms with Gasteiger partial charge in [-0.1, -0.05) is 6.42 Å². The fourth-order valence-electron chi connectivity index (χ4n) is 3.34. The predicted molar refractivity (Wildman–Crippen MR) is 65.0 cm³/mol. The molecule has 1 heterocycles. The lowest BCUT2D eigenvalue weighted by Gasteiger charge is -2.28. The fourth-order valence-corrected chi connectivity index (χ4v) is 3.34. The third kappa shape index (κ3) is 2.56. The highest BCUT2D eigenvalue weighted by molar-refractivity contribution is 4.97. The van der Waals surface area contributed by atoms with E-state index in [9.17, 15) is 0 Å². The van der Waals surface area contributed by atoms with Gasteiger partial charge in [0.2, 0.25) is 0 Å². The van der Waals surface area contributed by atoms with Crippen LogP contribution >= 0.6 is 0 Å². The number of rotatable bonds is 3. The molecule has 90 valence electrons. The second-order valence-electron chi connectivity index (χ2n) is 5.59. The fraction of sp³-hybridized carbons (Fsp3) is 0.923. The topological polar surface area (TPSA) is 30.3 Å². The van der Waals surface area contributed by atoms with E-state index < -0.39 is 0 Å². The van der Waals surface area contributed by atoms with Crippen molar-refractivity contribution in [2.24, 2.45) is 11.8 Å². The van der Waals surface area contributed by atoms with Crippen LogP contribution in [0.3, 0.4) is 0 Å². The van der Waals surface area contributed by atoms with Crippen LogP contribution in [0.15, 0.2) is 0 Å². The van der Waals surface area contributed by atoms with Gasteiger partial charge in [-0.25, -0.2) is 0 Å².